The van der Waals surface area contributed by atoms with E-state index in [2.05, 4.69) is 10.6 Å². The lowest BCUT2D eigenvalue weighted by Gasteiger charge is -2.10. The number of nitrogens with one attached hydrogen (secondary N) is 2. The number of anilines is 1. The van der Waals surface area contributed by atoms with Crippen molar-refractivity contribution in [2.45, 2.75) is 26.7 Å². The van der Waals surface area contributed by atoms with Crippen LogP contribution in [0.2, 0.25) is 0 Å². The second-order valence-corrected chi connectivity index (χ2v) is 4.33. The number of carbonyl (C=O) groups is 2. The lowest BCUT2D eigenvalue weighted by Crippen LogP contribution is -2.23. The van der Waals surface area contributed by atoms with E-state index in [0.717, 1.165) is 5.56 Å². The molecule has 6 heteroatoms. The highest BCUT2D eigenvalue weighted by molar-refractivity contribution is 5.97. The van der Waals surface area contributed by atoms with Crippen LogP contribution in [-0.2, 0) is 4.79 Å². The molecule has 112 valence electrons. The zero-order valence-electron chi connectivity index (χ0n) is 11.9. The summed E-state index contributed by atoms with van der Waals surface area (Å²) >= 11 is 0. The standard InChI is InChI=1S/C14H21N3O2.ClH/c1-3-16-14(19)11-7-6-10(2)12(9-11)17-13(18)5-4-8-15;/h6-7,9H,3-5,8,15H2,1-2H3,(H,16,19)(H,17,18);1H. The molecule has 0 bridgehead atoms. The zero-order valence-corrected chi connectivity index (χ0v) is 12.7. The first-order chi connectivity index (χ1) is 9.08. The Labute approximate surface area is 125 Å². The van der Waals surface area contributed by atoms with Crippen molar-refractivity contribution in [2.75, 3.05) is 18.4 Å². The van der Waals surface area contributed by atoms with Crippen molar-refractivity contribution >= 4 is 29.9 Å². The molecule has 0 saturated heterocycles. The van der Waals surface area contributed by atoms with Gasteiger partial charge in [0.05, 0.1) is 0 Å². The Hall–Kier alpha value is -1.59. The first-order valence-electron chi connectivity index (χ1n) is 6.47. The number of benzene rings is 1. The van der Waals surface area contributed by atoms with Crippen molar-refractivity contribution in [3.63, 3.8) is 0 Å². The molecular formula is C14H22ClN3O2. The van der Waals surface area contributed by atoms with Gasteiger partial charge in [0.2, 0.25) is 5.91 Å². The van der Waals surface area contributed by atoms with Crippen LogP contribution < -0.4 is 16.4 Å². The number of carbonyl (C=O) groups excluding carboxylic acids is 2. The van der Waals surface area contributed by atoms with E-state index in [-0.39, 0.29) is 24.2 Å². The number of aryl methyl sites for hydroxylation is 1. The van der Waals surface area contributed by atoms with Crippen LogP contribution >= 0.6 is 12.4 Å². The zero-order chi connectivity index (χ0) is 14.3. The molecule has 2 amide bonds. The van der Waals surface area contributed by atoms with E-state index in [1.807, 2.05) is 19.9 Å². The normalized spacial score (nSPS) is 9.55. The fraction of sp³-hybridized carbons (Fsp3) is 0.429. The SMILES string of the molecule is CCNC(=O)c1ccc(C)c(NC(=O)CCCN)c1.Cl. The first kappa shape index (κ1) is 18.4. The molecule has 20 heavy (non-hydrogen) atoms. The van der Waals surface area contributed by atoms with Gasteiger partial charge in [0, 0.05) is 24.2 Å². The monoisotopic (exact) mass is 299 g/mol. The molecule has 0 aromatic heterocycles. The van der Waals surface area contributed by atoms with Gasteiger partial charge in [-0.05, 0) is 44.5 Å². The molecule has 0 spiro atoms. The Morgan fingerprint density at radius 2 is 2.00 bits per heavy atom. The van der Waals surface area contributed by atoms with Crippen molar-refractivity contribution in [2.24, 2.45) is 5.73 Å². The van der Waals surface area contributed by atoms with E-state index < -0.39 is 0 Å². The van der Waals surface area contributed by atoms with Crippen molar-refractivity contribution in [1.29, 1.82) is 0 Å². The Kier molecular flexibility index (Phi) is 8.59. The van der Waals surface area contributed by atoms with Gasteiger partial charge in [0.25, 0.3) is 5.91 Å². The van der Waals surface area contributed by atoms with Gasteiger partial charge in [0.15, 0.2) is 0 Å². The minimum Gasteiger partial charge on any atom is -0.352 e. The van der Waals surface area contributed by atoms with Crippen molar-refractivity contribution in [1.82, 2.24) is 5.32 Å². The molecule has 0 aliphatic rings. The Balaban J connectivity index is 0.00000361. The number of rotatable bonds is 6. The third-order valence-corrected chi connectivity index (χ3v) is 2.72. The molecule has 0 saturated carbocycles. The van der Waals surface area contributed by atoms with E-state index in [1.165, 1.54) is 0 Å². The summed E-state index contributed by atoms with van der Waals surface area (Å²) in [5, 5.41) is 5.54. The van der Waals surface area contributed by atoms with E-state index in [4.69, 9.17) is 5.73 Å². The Bertz CT molecular complexity index is 464. The van der Waals surface area contributed by atoms with E-state index >= 15 is 0 Å². The van der Waals surface area contributed by atoms with Gasteiger partial charge >= 0.3 is 0 Å². The highest BCUT2D eigenvalue weighted by atomic mass is 35.5. The van der Waals surface area contributed by atoms with E-state index in [0.29, 0.717) is 37.2 Å². The van der Waals surface area contributed by atoms with Crippen LogP contribution in [0.4, 0.5) is 5.69 Å². The maximum Gasteiger partial charge on any atom is 0.251 e. The number of hydrogen-bond acceptors (Lipinski definition) is 3. The van der Waals surface area contributed by atoms with Crippen LogP contribution in [0.1, 0.15) is 35.7 Å². The highest BCUT2D eigenvalue weighted by Crippen LogP contribution is 2.17. The van der Waals surface area contributed by atoms with E-state index in [1.54, 1.807) is 12.1 Å². The minimum absolute atomic E-state index is 0. The molecule has 1 aromatic rings. The second-order valence-electron chi connectivity index (χ2n) is 4.33. The van der Waals surface area contributed by atoms with Gasteiger partial charge < -0.3 is 16.4 Å². The van der Waals surface area contributed by atoms with Crippen molar-refractivity contribution < 1.29 is 9.59 Å². The van der Waals surface area contributed by atoms with Crippen LogP contribution in [0.25, 0.3) is 0 Å². The summed E-state index contributed by atoms with van der Waals surface area (Å²) < 4.78 is 0. The van der Waals surface area contributed by atoms with Gasteiger partial charge in [-0.2, -0.15) is 0 Å². The molecule has 1 rings (SSSR count). The summed E-state index contributed by atoms with van der Waals surface area (Å²) in [5.41, 5.74) is 7.50. The van der Waals surface area contributed by atoms with E-state index in [9.17, 15) is 9.59 Å². The van der Waals surface area contributed by atoms with Gasteiger partial charge in [-0.25, -0.2) is 0 Å². The summed E-state index contributed by atoms with van der Waals surface area (Å²) in [6, 6.07) is 5.26. The van der Waals surface area contributed by atoms with Crippen LogP contribution in [-0.4, -0.2) is 24.9 Å². The molecule has 0 radical (unpaired) electrons. The Morgan fingerprint density at radius 3 is 2.60 bits per heavy atom. The topological polar surface area (TPSA) is 84.2 Å². The smallest absolute Gasteiger partial charge is 0.251 e. The largest absolute Gasteiger partial charge is 0.352 e. The molecular weight excluding hydrogens is 278 g/mol. The van der Waals surface area contributed by atoms with Gasteiger partial charge in [0.1, 0.15) is 0 Å². The summed E-state index contributed by atoms with van der Waals surface area (Å²) in [6.07, 6.45) is 1.04. The average molecular weight is 300 g/mol. The van der Waals surface area contributed by atoms with Gasteiger partial charge in [-0.3, -0.25) is 9.59 Å². The van der Waals surface area contributed by atoms with Crippen LogP contribution in [0.3, 0.4) is 0 Å². The number of nitrogens with two attached hydrogens (primary N) is 1. The lowest BCUT2D eigenvalue weighted by molar-refractivity contribution is -0.116. The molecule has 0 atom stereocenters. The van der Waals surface area contributed by atoms with Crippen LogP contribution in [0.15, 0.2) is 18.2 Å². The Morgan fingerprint density at radius 1 is 1.30 bits per heavy atom. The van der Waals surface area contributed by atoms with Crippen molar-refractivity contribution in [3.8, 4) is 0 Å². The fourth-order valence-electron chi connectivity index (χ4n) is 1.64. The molecule has 0 heterocycles. The third-order valence-electron chi connectivity index (χ3n) is 2.72. The summed E-state index contributed by atoms with van der Waals surface area (Å²) in [5.74, 6) is -0.221. The third kappa shape index (κ3) is 5.59. The molecule has 0 fully saturated rings. The summed E-state index contributed by atoms with van der Waals surface area (Å²) in [6.45, 7) is 4.82. The molecule has 4 N–H and O–H groups in total. The maximum absolute atomic E-state index is 11.7. The molecule has 0 aliphatic heterocycles. The summed E-state index contributed by atoms with van der Waals surface area (Å²) in [7, 11) is 0. The highest BCUT2D eigenvalue weighted by Gasteiger charge is 2.09. The first-order valence-corrected chi connectivity index (χ1v) is 6.47. The number of halogens is 1. The maximum atomic E-state index is 11.7. The van der Waals surface area contributed by atoms with Crippen molar-refractivity contribution in [3.05, 3.63) is 29.3 Å². The molecule has 0 unspecified atom stereocenters. The summed E-state index contributed by atoms with van der Waals surface area (Å²) in [4.78, 5) is 23.4. The molecule has 5 nitrogen and oxygen atoms in total. The fourth-order valence-corrected chi connectivity index (χ4v) is 1.64. The van der Waals surface area contributed by atoms with Crippen LogP contribution in [0.5, 0.6) is 0 Å². The van der Waals surface area contributed by atoms with Gasteiger partial charge in [-0.1, -0.05) is 6.07 Å². The lowest BCUT2D eigenvalue weighted by atomic mass is 10.1. The predicted molar refractivity (Wildman–Crippen MR) is 83.4 cm³/mol. The molecule has 0 aliphatic carbocycles. The quantitative estimate of drug-likeness (QED) is 0.749. The van der Waals surface area contributed by atoms with Crippen LogP contribution in [0, 0.1) is 6.92 Å². The average Bonchev–Trinajstić information content (AvgIpc) is 2.39. The predicted octanol–water partition coefficient (Wildman–Crippen LogP) is 1.84. The second kappa shape index (κ2) is 9.34. The number of hydrogen-bond donors (Lipinski definition) is 3. The number of amides is 2. The minimum atomic E-state index is -0.139. The van der Waals surface area contributed by atoms with Gasteiger partial charge in [-0.15, -0.1) is 12.4 Å². The molecule has 1 aromatic carbocycles.